The van der Waals surface area contributed by atoms with E-state index in [4.69, 9.17) is 33.9 Å². The van der Waals surface area contributed by atoms with Gasteiger partial charge in [-0.3, -0.25) is 4.79 Å². The second-order valence-corrected chi connectivity index (χ2v) is 10.9. The van der Waals surface area contributed by atoms with Crippen molar-refractivity contribution < 1.29 is 9.90 Å². The number of phenols is 1. The van der Waals surface area contributed by atoms with E-state index in [0.717, 1.165) is 60.4 Å². The summed E-state index contributed by atoms with van der Waals surface area (Å²) in [5, 5.41) is 10.4. The van der Waals surface area contributed by atoms with Crippen molar-refractivity contribution in [2.45, 2.75) is 45.1 Å². The topological polar surface area (TPSA) is 91.8 Å². The fraction of sp³-hybridized carbons (Fsp3) is 0.300. The third-order valence-corrected chi connectivity index (χ3v) is 7.83. The highest BCUT2D eigenvalue weighted by Crippen LogP contribution is 2.39. The van der Waals surface area contributed by atoms with Gasteiger partial charge < -0.3 is 15.7 Å². The molecule has 1 fully saturated rings. The lowest BCUT2D eigenvalue weighted by Gasteiger charge is -2.31. The summed E-state index contributed by atoms with van der Waals surface area (Å²) in [6.45, 7) is 5.44. The average Bonchev–Trinajstić information content (AvgIpc) is 3.03. The Kier molecular flexibility index (Phi) is 7.57. The van der Waals surface area contributed by atoms with E-state index in [0.29, 0.717) is 17.0 Å². The number of hydrogen-bond donors (Lipinski definition) is 2. The lowest BCUT2D eigenvalue weighted by molar-refractivity contribution is -0.113. The molecule has 6 nitrogen and oxygen atoms in total. The minimum Gasteiger partial charge on any atom is -0.505 e. The van der Waals surface area contributed by atoms with Gasteiger partial charge in [0.05, 0.1) is 27.6 Å². The van der Waals surface area contributed by atoms with Crippen molar-refractivity contribution in [1.29, 1.82) is 0 Å². The summed E-state index contributed by atoms with van der Waals surface area (Å²) in [5.41, 5.74) is 11.6. The number of rotatable bonds is 4. The molecule has 1 aliphatic carbocycles. The number of halogens is 2. The minimum atomic E-state index is -0.146. The smallest absolute Gasteiger partial charge is 0.161 e. The molecule has 0 bridgehead atoms. The fourth-order valence-corrected chi connectivity index (χ4v) is 5.66. The molecule has 0 radical (unpaired) electrons. The zero-order valence-corrected chi connectivity index (χ0v) is 22.9. The van der Waals surface area contributed by atoms with Gasteiger partial charge in [0.15, 0.2) is 11.5 Å². The lowest BCUT2D eigenvalue weighted by Crippen LogP contribution is -2.43. The number of benzene rings is 2. The summed E-state index contributed by atoms with van der Waals surface area (Å²) in [6.07, 6.45) is 6.54. The number of aromatic hydroxyl groups is 1. The number of phenolic OH excluding ortho intramolecular Hbond substituents is 1. The monoisotopic (exact) mass is 548 g/mol. The molecule has 2 aromatic carbocycles. The quantitative estimate of drug-likeness (QED) is 0.372. The number of fused-ring (bicyclic) bond motifs is 1. The van der Waals surface area contributed by atoms with Crippen molar-refractivity contribution in [3.8, 4) is 16.9 Å². The van der Waals surface area contributed by atoms with E-state index in [1.54, 1.807) is 25.3 Å². The first-order valence-electron chi connectivity index (χ1n) is 12.8. The van der Waals surface area contributed by atoms with Crippen LogP contribution in [0.15, 0.2) is 65.3 Å². The molecule has 38 heavy (non-hydrogen) atoms. The van der Waals surface area contributed by atoms with E-state index in [-0.39, 0.29) is 33.5 Å². The Morgan fingerprint density at radius 1 is 1.13 bits per heavy atom. The maximum Gasteiger partial charge on any atom is 0.161 e. The molecule has 2 atom stereocenters. The Morgan fingerprint density at radius 3 is 2.55 bits per heavy atom. The summed E-state index contributed by atoms with van der Waals surface area (Å²) in [7, 11) is 0. The number of carbonyl (C=O) groups excluding carboxylic acids is 1. The SMILES string of the molecule is CC(=O)C1=CCC(C)c2ccc(-c3cc(Cl)c(O)c(Cl)c3)cc2C1=Nc1ccc(N2CCCC(N)C2)nc1. The molecule has 1 aliphatic heterocycles. The summed E-state index contributed by atoms with van der Waals surface area (Å²) in [6, 6.07) is 13.5. The van der Waals surface area contributed by atoms with Crippen molar-refractivity contribution >= 4 is 46.2 Å². The van der Waals surface area contributed by atoms with Crippen LogP contribution in [0.3, 0.4) is 0 Å². The molecule has 0 saturated carbocycles. The maximum atomic E-state index is 12.8. The Hall–Kier alpha value is -3.19. The normalized spacial score (nSPS) is 20.6. The highest BCUT2D eigenvalue weighted by Gasteiger charge is 2.25. The average molecular weight is 550 g/mol. The third kappa shape index (κ3) is 5.35. The zero-order valence-electron chi connectivity index (χ0n) is 21.4. The molecule has 0 amide bonds. The van der Waals surface area contributed by atoms with Crippen LogP contribution in [0.4, 0.5) is 11.5 Å². The van der Waals surface area contributed by atoms with Gasteiger partial charge in [-0.2, -0.15) is 0 Å². The predicted octanol–water partition coefficient (Wildman–Crippen LogP) is 6.83. The third-order valence-electron chi connectivity index (χ3n) is 7.25. The zero-order chi connectivity index (χ0) is 27.0. The molecule has 0 spiro atoms. The van der Waals surface area contributed by atoms with Crippen molar-refractivity contribution in [3.05, 3.63) is 81.5 Å². The summed E-state index contributed by atoms with van der Waals surface area (Å²) >= 11 is 12.4. The maximum absolute atomic E-state index is 12.8. The molecule has 1 aromatic heterocycles. The van der Waals surface area contributed by atoms with Gasteiger partial charge in [0, 0.05) is 30.3 Å². The Morgan fingerprint density at radius 2 is 1.89 bits per heavy atom. The van der Waals surface area contributed by atoms with Gasteiger partial charge in [-0.15, -0.1) is 0 Å². The molecule has 5 rings (SSSR count). The number of nitrogens with zero attached hydrogens (tertiary/aromatic N) is 3. The number of ketones is 1. The highest BCUT2D eigenvalue weighted by molar-refractivity contribution is 6.37. The predicted molar refractivity (Wildman–Crippen MR) is 155 cm³/mol. The molecule has 196 valence electrons. The van der Waals surface area contributed by atoms with Crippen LogP contribution >= 0.6 is 23.2 Å². The van der Waals surface area contributed by atoms with Crippen LogP contribution < -0.4 is 10.6 Å². The second kappa shape index (κ2) is 10.9. The Labute approximate surface area is 232 Å². The molecule has 2 heterocycles. The molecular formula is C30H30Cl2N4O2. The number of allylic oxidation sites excluding steroid dienone is 2. The van der Waals surface area contributed by atoms with E-state index in [1.807, 2.05) is 30.3 Å². The summed E-state index contributed by atoms with van der Waals surface area (Å²) in [4.78, 5) is 24.6. The number of piperidine rings is 1. The number of Topliss-reactive ketones (excluding diaryl/α,β-unsaturated/α-hetero) is 1. The first-order chi connectivity index (χ1) is 18.2. The standard InChI is InChI=1S/C30H30Cl2N4O2/c1-17-5-8-24(18(2)37)29(35-22-7-10-28(34-15-22)36-11-3-4-21(33)16-36)25-12-19(6-9-23(17)25)20-13-26(31)30(38)27(32)14-20/h6-10,12-15,17,21,38H,3-5,11,16,33H2,1-2H3. The largest absolute Gasteiger partial charge is 0.505 e. The molecule has 1 saturated heterocycles. The van der Waals surface area contributed by atoms with Crippen LogP contribution in [0.25, 0.3) is 11.1 Å². The summed E-state index contributed by atoms with van der Waals surface area (Å²) in [5.74, 6) is 0.880. The van der Waals surface area contributed by atoms with Crippen LogP contribution in [-0.2, 0) is 4.79 Å². The van der Waals surface area contributed by atoms with Crippen molar-refractivity contribution in [2.75, 3.05) is 18.0 Å². The first-order valence-corrected chi connectivity index (χ1v) is 13.6. The molecule has 3 N–H and O–H groups in total. The van der Waals surface area contributed by atoms with Crippen LogP contribution in [0.2, 0.25) is 10.0 Å². The second-order valence-electron chi connectivity index (χ2n) is 10.1. The van der Waals surface area contributed by atoms with Crippen molar-refractivity contribution in [3.63, 3.8) is 0 Å². The lowest BCUT2D eigenvalue weighted by atomic mass is 9.89. The van der Waals surface area contributed by atoms with E-state index in [2.05, 4.69) is 22.9 Å². The van der Waals surface area contributed by atoms with Gasteiger partial charge in [0.1, 0.15) is 5.82 Å². The number of aliphatic imine (C=N–C) groups is 1. The molecule has 2 aliphatic rings. The fourth-order valence-electron chi connectivity index (χ4n) is 5.18. The van der Waals surface area contributed by atoms with Crippen LogP contribution in [0.1, 0.15) is 50.2 Å². The first kappa shape index (κ1) is 26.4. The summed E-state index contributed by atoms with van der Waals surface area (Å²) < 4.78 is 0. The van der Waals surface area contributed by atoms with E-state index in [1.165, 1.54) is 0 Å². The van der Waals surface area contributed by atoms with Crippen LogP contribution in [0.5, 0.6) is 5.75 Å². The van der Waals surface area contributed by atoms with Gasteiger partial charge in [-0.05, 0) is 79.1 Å². The molecule has 3 aromatic rings. The van der Waals surface area contributed by atoms with Crippen LogP contribution in [-0.4, -0.2) is 40.7 Å². The van der Waals surface area contributed by atoms with Gasteiger partial charge >= 0.3 is 0 Å². The molecule has 8 heteroatoms. The minimum absolute atomic E-state index is 0.0446. The number of anilines is 1. The highest BCUT2D eigenvalue weighted by atomic mass is 35.5. The molecular weight excluding hydrogens is 519 g/mol. The Bertz CT molecular complexity index is 1430. The van der Waals surface area contributed by atoms with Gasteiger partial charge in [-0.1, -0.05) is 48.3 Å². The van der Waals surface area contributed by atoms with Gasteiger partial charge in [0.2, 0.25) is 0 Å². The Balaban J connectivity index is 1.60. The number of hydrogen-bond acceptors (Lipinski definition) is 6. The number of pyridine rings is 1. The van der Waals surface area contributed by atoms with Gasteiger partial charge in [0.25, 0.3) is 0 Å². The van der Waals surface area contributed by atoms with E-state index < -0.39 is 0 Å². The molecule has 2 unspecified atom stereocenters. The van der Waals surface area contributed by atoms with E-state index >= 15 is 0 Å². The van der Waals surface area contributed by atoms with Crippen molar-refractivity contribution in [1.82, 2.24) is 4.98 Å². The van der Waals surface area contributed by atoms with Crippen LogP contribution in [0, 0.1) is 0 Å². The van der Waals surface area contributed by atoms with Gasteiger partial charge in [-0.25, -0.2) is 9.98 Å². The van der Waals surface area contributed by atoms with E-state index in [9.17, 15) is 9.90 Å². The number of nitrogens with two attached hydrogens (primary N) is 1. The van der Waals surface area contributed by atoms with Crippen molar-refractivity contribution in [2.24, 2.45) is 10.7 Å². The number of carbonyl (C=O) groups is 1. The number of aromatic nitrogens is 1.